The zero-order chi connectivity index (χ0) is 15.4. The summed E-state index contributed by atoms with van der Waals surface area (Å²) in [6.45, 7) is 4.75. The van der Waals surface area contributed by atoms with Crippen molar-refractivity contribution < 1.29 is 4.74 Å². The Morgan fingerprint density at radius 3 is 2.50 bits per heavy atom. The fourth-order valence-electron chi connectivity index (χ4n) is 2.63. The summed E-state index contributed by atoms with van der Waals surface area (Å²) in [7, 11) is 1.63. The van der Waals surface area contributed by atoms with Crippen molar-refractivity contribution >= 4 is 17.5 Å². The average Bonchev–Trinajstić information content (AvgIpc) is 2.57. The normalized spacial score (nSPS) is 15.8. The van der Waals surface area contributed by atoms with Crippen molar-refractivity contribution in [3.05, 3.63) is 47.2 Å². The number of benzene rings is 1. The van der Waals surface area contributed by atoms with Gasteiger partial charge in [0.05, 0.1) is 12.1 Å². The fraction of sp³-hybridized carbons (Fsp3) is 0.375. The van der Waals surface area contributed by atoms with Crippen molar-refractivity contribution in [2.24, 2.45) is 0 Å². The van der Waals surface area contributed by atoms with Gasteiger partial charge in [-0.3, -0.25) is 4.90 Å². The first-order chi connectivity index (χ1) is 10.8. The third-order valence-corrected chi connectivity index (χ3v) is 4.13. The van der Waals surface area contributed by atoms with E-state index >= 15 is 0 Å². The van der Waals surface area contributed by atoms with Gasteiger partial charge in [0.1, 0.15) is 5.75 Å². The van der Waals surface area contributed by atoms with Crippen LogP contribution in [0.1, 0.15) is 5.56 Å². The molecule has 0 spiro atoms. The first-order valence-corrected chi connectivity index (χ1v) is 7.71. The highest BCUT2D eigenvalue weighted by Gasteiger charge is 2.18. The molecule has 0 saturated carbocycles. The Morgan fingerprint density at radius 1 is 1.14 bits per heavy atom. The summed E-state index contributed by atoms with van der Waals surface area (Å²) in [6, 6.07) is 7.81. The van der Waals surface area contributed by atoms with E-state index < -0.39 is 0 Å². The Hall–Kier alpha value is -1.85. The van der Waals surface area contributed by atoms with Gasteiger partial charge in [0.25, 0.3) is 0 Å². The maximum Gasteiger partial charge on any atom is 0.225 e. The molecule has 0 unspecified atom stereocenters. The van der Waals surface area contributed by atoms with E-state index in [4.69, 9.17) is 16.3 Å². The molecule has 3 rings (SSSR count). The summed E-state index contributed by atoms with van der Waals surface area (Å²) < 4.78 is 5.19. The van der Waals surface area contributed by atoms with Gasteiger partial charge in [0, 0.05) is 45.1 Å². The number of hydrogen-bond acceptors (Lipinski definition) is 5. The summed E-state index contributed by atoms with van der Waals surface area (Å²) in [5.74, 6) is 1.53. The first kappa shape index (κ1) is 15.1. The van der Waals surface area contributed by atoms with E-state index in [2.05, 4.69) is 25.8 Å². The van der Waals surface area contributed by atoms with Gasteiger partial charge in [-0.25, -0.2) is 9.97 Å². The molecule has 116 valence electrons. The van der Waals surface area contributed by atoms with Gasteiger partial charge in [-0.2, -0.15) is 0 Å². The maximum atomic E-state index is 6.18. The van der Waals surface area contributed by atoms with Crippen molar-refractivity contribution in [2.75, 3.05) is 38.2 Å². The molecule has 1 aromatic carbocycles. The van der Waals surface area contributed by atoms with E-state index in [-0.39, 0.29) is 0 Å². The summed E-state index contributed by atoms with van der Waals surface area (Å²) in [5, 5.41) is 0.663. The summed E-state index contributed by atoms with van der Waals surface area (Å²) in [5.41, 5.74) is 1.20. The van der Waals surface area contributed by atoms with Crippen molar-refractivity contribution in [2.45, 2.75) is 6.54 Å². The van der Waals surface area contributed by atoms with Gasteiger partial charge in [0.15, 0.2) is 0 Å². The molecule has 0 N–H and O–H groups in total. The standard InChI is InChI=1S/C16H19ClN4O/c1-22-15-4-3-13(11-14(15)17)12-20-7-9-21(10-8-20)16-18-5-2-6-19-16/h2-6,11H,7-10,12H2,1H3. The quantitative estimate of drug-likeness (QED) is 0.866. The van der Waals surface area contributed by atoms with Gasteiger partial charge >= 0.3 is 0 Å². The predicted octanol–water partition coefficient (Wildman–Crippen LogP) is 2.46. The lowest BCUT2D eigenvalue weighted by molar-refractivity contribution is 0.248. The molecule has 1 fully saturated rings. The van der Waals surface area contributed by atoms with Crippen LogP contribution in [0.5, 0.6) is 5.75 Å². The third kappa shape index (κ3) is 3.48. The van der Waals surface area contributed by atoms with Gasteiger partial charge in [-0.05, 0) is 23.8 Å². The topological polar surface area (TPSA) is 41.5 Å². The molecular formula is C16H19ClN4O. The van der Waals surface area contributed by atoms with Crippen LogP contribution >= 0.6 is 11.6 Å². The molecule has 1 aliphatic heterocycles. The number of halogens is 1. The monoisotopic (exact) mass is 318 g/mol. The molecule has 22 heavy (non-hydrogen) atoms. The van der Waals surface area contributed by atoms with E-state index in [0.29, 0.717) is 5.02 Å². The molecule has 0 radical (unpaired) electrons. The van der Waals surface area contributed by atoms with Gasteiger partial charge in [-0.15, -0.1) is 0 Å². The minimum atomic E-state index is 0.663. The molecule has 0 atom stereocenters. The molecular weight excluding hydrogens is 300 g/mol. The largest absolute Gasteiger partial charge is 0.495 e. The minimum Gasteiger partial charge on any atom is -0.495 e. The van der Waals surface area contributed by atoms with Crippen molar-refractivity contribution in [3.63, 3.8) is 0 Å². The average molecular weight is 319 g/mol. The highest BCUT2D eigenvalue weighted by Crippen LogP contribution is 2.25. The second kappa shape index (κ2) is 6.94. The van der Waals surface area contributed by atoms with E-state index in [1.165, 1.54) is 5.56 Å². The highest BCUT2D eigenvalue weighted by atomic mass is 35.5. The van der Waals surface area contributed by atoms with Crippen molar-refractivity contribution in [1.29, 1.82) is 0 Å². The molecule has 2 aromatic rings. The van der Waals surface area contributed by atoms with Crippen LogP contribution in [0.25, 0.3) is 0 Å². The number of rotatable bonds is 4. The SMILES string of the molecule is COc1ccc(CN2CCN(c3ncccn3)CC2)cc1Cl. The van der Waals surface area contributed by atoms with Crippen LogP contribution in [0.2, 0.25) is 5.02 Å². The summed E-state index contributed by atoms with van der Waals surface area (Å²) >= 11 is 6.18. The zero-order valence-electron chi connectivity index (χ0n) is 12.6. The van der Waals surface area contributed by atoms with E-state index in [0.717, 1.165) is 44.4 Å². The molecule has 6 heteroatoms. The Morgan fingerprint density at radius 2 is 1.86 bits per heavy atom. The van der Waals surface area contributed by atoms with Crippen molar-refractivity contribution in [1.82, 2.24) is 14.9 Å². The molecule has 0 amide bonds. The van der Waals surface area contributed by atoms with Gasteiger partial charge < -0.3 is 9.64 Å². The van der Waals surface area contributed by atoms with Crippen LogP contribution in [-0.2, 0) is 6.54 Å². The fourth-order valence-corrected chi connectivity index (χ4v) is 2.91. The van der Waals surface area contributed by atoms with Crippen LogP contribution in [0.4, 0.5) is 5.95 Å². The molecule has 0 bridgehead atoms. The number of hydrogen-bond donors (Lipinski definition) is 0. The Balaban J connectivity index is 1.57. The summed E-state index contributed by atoms with van der Waals surface area (Å²) in [4.78, 5) is 13.2. The van der Waals surface area contributed by atoms with Crippen LogP contribution in [0.3, 0.4) is 0 Å². The van der Waals surface area contributed by atoms with E-state index in [1.54, 1.807) is 19.5 Å². The molecule has 1 aromatic heterocycles. The van der Waals surface area contributed by atoms with Crippen LogP contribution < -0.4 is 9.64 Å². The Bertz CT molecular complexity index is 615. The maximum absolute atomic E-state index is 6.18. The van der Waals surface area contributed by atoms with Crippen LogP contribution in [0, 0.1) is 0 Å². The number of anilines is 1. The Labute approximate surface area is 135 Å². The van der Waals surface area contributed by atoms with Crippen LogP contribution in [0.15, 0.2) is 36.7 Å². The molecule has 1 saturated heterocycles. The first-order valence-electron chi connectivity index (χ1n) is 7.33. The molecule has 1 aliphatic rings. The third-order valence-electron chi connectivity index (χ3n) is 3.83. The molecule has 0 aliphatic carbocycles. The van der Waals surface area contributed by atoms with Gasteiger partial charge in [0.2, 0.25) is 5.95 Å². The number of piperazine rings is 1. The lowest BCUT2D eigenvalue weighted by Gasteiger charge is -2.34. The predicted molar refractivity (Wildman–Crippen MR) is 87.5 cm³/mol. The van der Waals surface area contributed by atoms with E-state index in [9.17, 15) is 0 Å². The number of aromatic nitrogens is 2. The molecule has 5 nitrogen and oxygen atoms in total. The lowest BCUT2D eigenvalue weighted by atomic mass is 10.2. The molecule has 2 heterocycles. The Kier molecular flexibility index (Phi) is 4.75. The van der Waals surface area contributed by atoms with Crippen molar-refractivity contribution in [3.8, 4) is 5.75 Å². The zero-order valence-corrected chi connectivity index (χ0v) is 13.3. The van der Waals surface area contributed by atoms with Gasteiger partial charge in [-0.1, -0.05) is 17.7 Å². The summed E-state index contributed by atoms with van der Waals surface area (Å²) in [6.07, 6.45) is 3.57. The smallest absolute Gasteiger partial charge is 0.225 e. The highest BCUT2D eigenvalue weighted by molar-refractivity contribution is 6.32. The second-order valence-electron chi connectivity index (χ2n) is 5.28. The van der Waals surface area contributed by atoms with Crippen LogP contribution in [-0.4, -0.2) is 48.2 Å². The second-order valence-corrected chi connectivity index (χ2v) is 5.69. The number of methoxy groups -OCH3 is 1. The minimum absolute atomic E-state index is 0.663. The number of ether oxygens (including phenoxy) is 1. The van der Waals surface area contributed by atoms with E-state index in [1.807, 2.05) is 18.2 Å². The number of nitrogens with zero attached hydrogens (tertiary/aromatic N) is 4. The lowest BCUT2D eigenvalue weighted by Crippen LogP contribution is -2.46.